The van der Waals surface area contributed by atoms with E-state index in [1.807, 2.05) is 0 Å². The molecule has 1 aromatic heterocycles. The number of fused-ring (bicyclic) bond motifs is 1. The maximum atomic E-state index is 11.9. The topological polar surface area (TPSA) is 76.1 Å². The number of amides is 1. The van der Waals surface area contributed by atoms with Gasteiger partial charge in [-0.15, -0.1) is 23.2 Å². The second-order valence-corrected chi connectivity index (χ2v) is 9.52. The van der Waals surface area contributed by atoms with Gasteiger partial charge < -0.3 is 5.32 Å². The maximum Gasteiger partial charge on any atom is 0.232 e. The summed E-state index contributed by atoms with van der Waals surface area (Å²) in [6, 6.07) is 4.65. The fourth-order valence-corrected chi connectivity index (χ4v) is 4.02. The highest BCUT2D eigenvalue weighted by molar-refractivity contribution is 7.90. The Bertz CT molecular complexity index is 845. The molecule has 0 bridgehead atoms. The van der Waals surface area contributed by atoms with Crippen LogP contribution in [0, 0.1) is 5.92 Å². The van der Waals surface area contributed by atoms with Crippen molar-refractivity contribution in [2.75, 3.05) is 11.6 Å². The van der Waals surface area contributed by atoms with E-state index in [4.69, 9.17) is 23.2 Å². The molecule has 0 radical (unpaired) electrons. The van der Waals surface area contributed by atoms with Crippen molar-refractivity contribution < 1.29 is 13.2 Å². The van der Waals surface area contributed by atoms with E-state index in [-0.39, 0.29) is 10.8 Å². The third kappa shape index (κ3) is 3.01. The third-order valence-corrected chi connectivity index (χ3v) is 6.04. The van der Waals surface area contributed by atoms with E-state index < -0.39 is 20.1 Å². The van der Waals surface area contributed by atoms with E-state index in [9.17, 15) is 13.2 Å². The van der Waals surface area contributed by atoms with E-state index in [1.54, 1.807) is 12.1 Å². The van der Waals surface area contributed by atoms with Crippen LogP contribution in [0.3, 0.4) is 0 Å². The summed E-state index contributed by atoms with van der Waals surface area (Å²) >= 11 is 12.9. The number of benzene rings is 1. The number of hydrogen-bond acceptors (Lipinski definition) is 5. The van der Waals surface area contributed by atoms with Crippen LogP contribution in [-0.4, -0.2) is 29.9 Å². The van der Waals surface area contributed by atoms with Crippen LogP contribution < -0.4 is 5.32 Å². The van der Waals surface area contributed by atoms with Crippen molar-refractivity contribution in [3.8, 4) is 0 Å². The predicted molar refractivity (Wildman–Crippen MR) is 83.9 cm³/mol. The molecule has 21 heavy (non-hydrogen) atoms. The van der Waals surface area contributed by atoms with Crippen LogP contribution in [0.4, 0.5) is 5.13 Å². The Balaban J connectivity index is 1.86. The van der Waals surface area contributed by atoms with Gasteiger partial charge in [-0.2, -0.15) is 0 Å². The average Bonchev–Trinajstić information content (AvgIpc) is 2.81. The number of rotatable bonds is 3. The minimum atomic E-state index is -3.27. The van der Waals surface area contributed by atoms with E-state index in [0.29, 0.717) is 21.8 Å². The SMILES string of the molecule is CS(=O)(=O)c1ccc2nc(NC(=O)C3CC3(Cl)Cl)sc2c1. The Hall–Kier alpha value is -0.890. The van der Waals surface area contributed by atoms with Crippen LogP contribution in [0.1, 0.15) is 6.42 Å². The zero-order chi connectivity index (χ0) is 15.4. The number of hydrogen-bond donors (Lipinski definition) is 1. The van der Waals surface area contributed by atoms with Crippen LogP contribution in [0.25, 0.3) is 10.2 Å². The van der Waals surface area contributed by atoms with Crippen LogP contribution in [0.15, 0.2) is 23.1 Å². The quantitative estimate of drug-likeness (QED) is 0.849. The second-order valence-electron chi connectivity index (χ2n) is 4.93. The van der Waals surface area contributed by atoms with Crippen LogP contribution in [0.2, 0.25) is 0 Å². The van der Waals surface area contributed by atoms with Gasteiger partial charge in [-0.05, 0) is 24.6 Å². The van der Waals surface area contributed by atoms with Crippen molar-refractivity contribution in [1.82, 2.24) is 4.98 Å². The highest BCUT2D eigenvalue weighted by Crippen LogP contribution is 2.53. The summed E-state index contributed by atoms with van der Waals surface area (Å²) in [6.07, 6.45) is 1.57. The van der Waals surface area contributed by atoms with Crippen molar-refractivity contribution in [2.45, 2.75) is 15.6 Å². The summed E-state index contributed by atoms with van der Waals surface area (Å²) in [5.41, 5.74) is 0.626. The van der Waals surface area contributed by atoms with Gasteiger partial charge in [0.2, 0.25) is 5.91 Å². The molecule has 9 heteroatoms. The molecule has 1 amide bonds. The minimum absolute atomic E-state index is 0.222. The van der Waals surface area contributed by atoms with Crippen molar-refractivity contribution in [3.05, 3.63) is 18.2 Å². The van der Waals surface area contributed by atoms with Gasteiger partial charge in [-0.3, -0.25) is 4.79 Å². The Morgan fingerprint density at radius 1 is 1.48 bits per heavy atom. The number of sulfone groups is 1. The summed E-state index contributed by atoms with van der Waals surface area (Å²) in [4.78, 5) is 16.3. The lowest BCUT2D eigenvalue weighted by Crippen LogP contribution is -2.16. The highest BCUT2D eigenvalue weighted by Gasteiger charge is 2.56. The maximum absolute atomic E-state index is 11.9. The number of halogens is 2. The van der Waals surface area contributed by atoms with E-state index in [2.05, 4.69) is 10.3 Å². The van der Waals surface area contributed by atoms with Gasteiger partial charge in [0.05, 0.1) is 21.0 Å². The second kappa shape index (κ2) is 4.81. The molecular formula is C12H10Cl2N2O3S2. The average molecular weight is 365 g/mol. The van der Waals surface area contributed by atoms with Crippen LogP contribution in [0.5, 0.6) is 0 Å². The molecule has 0 saturated heterocycles. The van der Waals surface area contributed by atoms with Crippen LogP contribution in [-0.2, 0) is 14.6 Å². The van der Waals surface area contributed by atoms with Gasteiger partial charge in [0.25, 0.3) is 0 Å². The first-order valence-electron chi connectivity index (χ1n) is 5.96. The van der Waals surface area contributed by atoms with Crippen molar-refractivity contribution in [2.24, 2.45) is 5.92 Å². The zero-order valence-electron chi connectivity index (χ0n) is 10.8. The Morgan fingerprint density at radius 3 is 2.71 bits per heavy atom. The van der Waals surface area contributed by atoms with Crippen LogP contribution >= 0.6 is 34.5 Å². The van der Waals surface area contributed by atoms with Crippen molar-refractivity contribution in [1.29, 1.82) is 0 Å². The molecule has 5 nitrogen and oxygen atoms in total. The van der Waals surface area contributed by atoms with Crippen molar-refractivity contribution >= 4 is 65.6 Å². The first-order valence-corrected chi connectivity index (χ1v) is 9.42. The number of carbonyl (C=O) groups is 1. The molecule has 1 heterocycles. The fourth-order valence-electron chi connectivity index (χ4n) is 1.88. The Morgan fingerprint density at radius 2 is 2.14 bits per heavy atom. The molecule has 0 spiro atoms. The molecule has 1 fully saturated rings. The third-order valence-electron chi connectivity index (χ3n) is 3.16. The Kier molecular flexibility index (Phi) is 3.44. The molecule has 1 aliphatic rings. The van der Waals surface area contributed by atoms with Gasteiger partial charge in [-0.25, -0.2) is 13.4 Å². The van der Waals surface area contributed by atoms with Gasteiger partial charge in [0, 0.05) is 6.26 Å². The molecule has 112 valence electrons. The smallest absolute Gasteiger partial charge is 0.232 e. The number of nitrogens with one attached hydrogen (secondary N) is 1. The number of anilines is 1. The lowest BCUT2D eigenvalue weighted by Gasteiger charge is -2.00. The summed E-state index contributed by atoms with van der Waals surface area (Å²) in [5.74, 6) is -0.707. The molecular weight excluding hydrogens is 355 g/mol. The number of aromatic nitrogens is 1. The molecule has 2 aromatic rings. The molecule has 1 atom stereocenters. The van der Waals surface area contributed by atoms with Gasteiger partial charge in [0.1, 0.15) is 4.33 Å². The summed E-state index contributed by atoms with van der Waals surface area (Å²) in [6.45, 7) is 0. The summed E-state index contributed by atoms with van der Waals surface area (Å²) in [7, 11) is -3.27. The van der Waals surface area contributed by atoms with Gasteiger partial charge in [0.15, 0.2) is 15.0 Å². The zero-order valence-corrected chi connectivity index (χ0v) is 13.9. The monoisotopic (exact) mass is 364 g/mol. The normalized spacial score (nSPS) is 20.4. The number of carbonyl (C=O) groups excluding carboxylic acids is 1. The van der Waals surface area contributed by atoms with E-state index in [0.717, 1.165) is 6.26 Å². The van der Waals surface area contributed by atoms with Gasteiger partial charge >= 0.3 is 0 Å². The molecule has 1 aliphatic carbocycles. The Labute approximate surface area is 135 Å². The minimum Gasteiger partial charge on any atom is -0.302 e. The first kappa shape index (κ1) is 15.0. The van der Waals surface area contributed by atoms with Crippen molar-refractivity contribution in [3.63, 3.8) is 0 Å². The standard InChI is InChI=1S/C12H10Cl2N2O3S2/c1-21(18,19)6-2-3-8-9(4-6)20-11(15-8)16-10(17)7-5-12(7,13)14/h2-4,7H,5H2,1H3,(H,15,16,17). The van der Waals surface area contributed by atoms with E-state index in [1.165, 1.54) is 17.4 Å². The molecule has 0 aliphatic heterocycles. The molecule has 3 rings (SSSR count). The number of nitrogens with zero attached hydrogens (tertiary/aromatic N) is 1. The van der Waals surface area contributed by atoms with E-state index >= 15 is 0 Å². The lowest BCUT2D eigenvalue weighted by atomic mass is 10.3. The largest absolute Gasteiger partial charge is 0.302 e. The molecule has 1 saturated carbocycles. The lowest BCUT2D eigenvalue weighted by molar-refractivity contribution is -0.117. The summed E-state index contributed by atoms with van der Waals surface area (Å²) in [5, 5.41) is 3.06. The summed E-state index contributed by atoms with van der Waals surface area (Å²) < 4.78 is 22.7. The number of alkyl halides is 2. The van der Waals surface area contributed by atoms with Gasteiger partial charge in [-0.1, -0.05) is 11.3 Å². The predicted octanol–water partition coefficient (Wildman–Crippen LogP) is 2.83. The highest BCUT2D eigenvalue weighted by atomic mass is 35.5. The molecule has 1 aromatic carbocycles. The number of thiazole rings is 1. The first-order chi connectivity index (χ1) is 9.67. The fraction of sp³-hybridized carbons (Fsp3) is 0.333. The molecule has 1 unspecified atom stereocenters. The molecule has 1 N–H and O–H groups in total.